The lowest BCUT2D eigenvalue weighted by molar-refractivity contribution is 0.135. The molecule has 4 heteroatoms. The average Bonchev–Trinajstić information content (AvgIpc) is 2.37. The number of aromatic hydroxyl groups is 1. The highest BCUT2D eigenvalue weighted by Crippen LogP contribution is 2.24. The van der Waals surface area contributed by atoms with E-state index in [0.717, 1.165) is 25.2 Å². The normalized spacial score (nSPS) is 11.3. The molecule has 0 aromatic heterocycles. The van der Waals surface area contributed by atoms with Gasteiger partial charge in [-0.2, -0.15) is 0 Å². The average molecular weight is 267 g/mol. The van der Waals surface area contributed by atoms with E-state index in [2.05, 4.69) is 18.7 Å². The van der Waals surface area contributed by atoms with E-state index in [1.54, 1.807) is 20.3 Å². The molecular weight excluding hydrogens is 242 g/mol. The molecule has 19 heavy (non-hydrogen) atoms. The van der Waals surface area contributed by atoms with E-state index in [0.29, 0.717) is 18.3 Å². The van der Waals surface area contributed by atoms with E-state index in [9.17, 15) is 5.11 Å². The number of methoxy groups -OCH3 is 2. The van der Waals surface area contributed by atoms with Crippen LogP contribution in [0.2, 0.25) is 0 Å². The van der Waals surface area contributed by atoms with Crippen molar-refractivity contribution in [3.05, 3.63) is 23.8 Å². The van der Waals surface area contributed by atoms with Crippen LogP contribution in [0, 0.1) is 5.92 Å². The minimum atomic E-state index is 0.283. The Kier molecular flexibility index (Phi) is 6.67. The van der Waals surface area contributed by atoms with Gasteiger partial charge in [-0.05, 0) is 12.0 Å². The van der Waals surface area contributed by atoms with Gasteiger partial charge in [0.1, 0.15) is 11.5 Å². The summed E-state index contributed by atoms with van der Waals surface area (Å²) in [5.41, 5.74) is 0.914. The molecule has 1 aromatic rings. The van der Waals surface area contributed by atoms with Gasteiger partial charge in [0, 0.05) is 38.4 Å². The molecule has 1 aromatic carbocycles. The third-order valence-corrected chi connectivity index (χ3v) is 2.92. The first kappa shape index (κ1) is 15.8. The van der Waals surface area contributed by atoms with E-state index < -0.39 is 0 Å². The van der Waals surface area contributed by atoms with Crippen LogP contribution in [0.3, 0.4) is 0 Å². The first-order valence-electron chi connectivity index (χ1n) is 6.64. The Hall–Kier alpha value is -1.26. The molecule has 0 spiro atoms. The molecule has 0 unspecified atom stereocenters. The molecule has 0 fully saturated rings. The van der Waals surface area contributed by atoms with Gasteiger partial charge in [0.05, 0.1) is 13.7 Å². The van der Waals surface area contributed by atoms with E-state index in [4.69, 9.17) is 9.47 Å². The van der Waals surface area contributed by atoms with Gasteiger partial charge < -0.3 is 14.6 Å². The fraction of sp³-hybridized carbons (Fsp3) is 0.600. The van der Waals surface area contributed by atoms with E-state index in [1.165, 1.54) is 0 Å². The lowest BCUT2D eigenvalue weighted by Gasteiger charge is -2.24. The molecule has 0 amide bonds. The van der Waals surface area contributed by atoms with Gasteiger partial charge in [0.25, 0.3) is 0 Å². The highest BCUT2D eigenvalue weighted by molar-refractivity contribution is 5.39. The minimum Gasteiger partial charge on any atom is -0.507 e. The molecule has 1 rings (SSSR count). The summed E-state index contributed by atoms with van der Waals surface area (Å²) in [4.78, 5) is 2.29. The van der Waals surface area contributed by atoms with E-state index in [1.807, 2.05) is 12.1 Å². The second kappa shape index (κ2) is 8.02. The number of hydrogen-bond acceptors (Lipinski definition) is 4. The Morgan fingerprint density at radius 2 is 2.00 bits per heavy atom. The summed E-state index contributed by atoms with van der Waals surface area (Å²) in [5.74, 6) is 1.54. The number of nitrogens with zero attached hydrogens (tertiary/aromatic N) is 1. The zero-order valence-electron chi connectivity index (χ0n) is 12.3. The molecule has 0 atom stereocenters. The van der Waals surface area contributed by atoms with Gasteiger partial charge in [0.2, 0.25) is 0 Å². The first-order chi connectivity index (χ1) is 9.06. The Morgan fingerprint density at radius 1 is 1.26 bits per heavy atom. The van der Waals surface area contributed by atoms with Crippen LogP contribution in [0.4, 0.5) is 0 Å². The molecule has 0 aliphatic rings. The highest BCUT2D eigenvalue weighted by atomic mass is 16.5. The maximum Gasteiger partial charge on any atom is 0.123 e. The molecule has 0 saturated carbocycles. The van der Waals surface area contributed by atoms with Crippen molar-refractivity contribution in [1.82, 2.24) is 4.90 Å². The molecule has 1 N–H and O–H groups in total. The maximum atomic E-state index is 9.99. The van der Waals surface area contributed by atoms with Crippen LogP contribution in [-0.2, 0) is 11.3 Å². The van der Waals surface area contributed by atoms with Crippen molar-refractivity contribution in [2.24, 2.45) is 5.92 Å². The molecular formula is C15H25NO3. The predicted octanol–water partition coefficient (Wildman–Crippen LogP) is 2.51. The van der Waals surface area contributed by atoms with Crippen molar-refractivity contribution in [2.75, 3.05) is 33.9 Å². The molecule has 0 heterocycles. The Labute approximate surface area is 115 Å². The Morgan fingerprint density at radius 3 is 2.53 bits per heavy atom. The van der Waals surface area contributed by atoms with Gasteiger partial charge in [-0.15, -0.1) is 0 Å². The number of hydrogen-bond donors (Lipinski definition) is 1. The number of phenolic OH excluding ortho intramolecular Hbond substituents is 1. The van der Waals surface area contributed by atoms with Crippen LogP contribution in [0.25, 0.3) is 0 Å². The third kappa shape index (κ3) is 5.49. The summed E-state index contributed by atoms with van der Waals surface area (Å²) in [6, 6.07) is 5.44. The van der Waals surface area contributed by atoms with Crippen molar-refractivity contribution < 1.29 is 14.6 Å². The lowest BCUT2D eigenvalue weighted by Crippen LogP contribution is -2.30. The Bertz CT molecular complexity index is 380. The summed E-state index contributed by atoms with van der Waals surface area (Å²) in [5, 5.41) is 9.99. The van der Waals surface area contributed by atoms with Crippen LogP contribution in [0.1, 0.15) is 19.4 Å². The van der Waals surface area contributed by atoms with Gasteiger partial charge in [0.15, 0.2) is 0 Å². The zero-order valence-corrected chi connectivity index (χ0v) is 12.3. The fourth-order valence-corrected chi connectivity index (χ4v) is 2.02. The van der Waals surface area contributed by atoms with Crippen LogP contribution >= 0.6 is 0 Å². The molecule has 108 valence electrons. The molecule has 0 radical (unpaired) electrons. The monoisotopic (exact) mass is 267 g/mol. The van der Waals surface area contributed by atoms with Gasteiger partial charge >= 0.3 is 0 Å². The van der Waals surface area contributed by atoms with Crippen LogP contribution < -0.4 is 4.74 Å². The largest absolute Gasteiger partial charge is 0.507 e. The standard InChI is InChI=1S/C15H25NO3/c1-12(2)10-16(7-8-18-3)11-13-5-6-14(19-4)9-15(13)17/h5-6,9,12,17H,7-8,10-11H2,1-4H3. The Balaban J connectivity index is 2.71. The van der Waals surface area contributed by atoms with Gasteiger partial charge in [-0.25, -0.2) is 0 Å². The van der Waals surface area contributed by atoms with Gasteiger partial charge in [-0.1, -0.05) is 19.9 Å². The smallest absolute Gasteiger partial charge is 0.123 e. The summed E-state index contributed by atoms with van der Waals surface area (Å²) in [7, 11) is 3.30. The van der Waals surface area contributed by atoms with Crippen molar-refractivity contribution in [3.63, 3.8) is 0 Å². The van der Waals surface area contributed by atoms with Gasteiger partial charge in [-0.3, -0.25) is 4.90 Å². The molecule has 0 aliphatic carbocycles. The maximum absolute atomic E-state index is 9.99. The number of rotatable bonds is 8. The quantitative estimate of drug-likeness (QED) is 0.786. The van der Waals surface area contributed by atoms with Crippen LogP contribution in [0.5, 0.6) is 11.5 Å². The number of phenols is 1. The predicted molar refractivity (Wildman–Crippen MR) is 76.6 cm³/mol. The molecule has 0 saturated heterocycles. The number of benzene rings is 1. The summed E-state index contributed by atoms with van der Waals surface area (Å²) in [6.07, 6.45) is 0. The fourth-order valence-electron chi connectivity index (χ4n) is 2.02. The molecule has 0 bridgehead atoms. The molecule has 0 aliphatic heterocycles. The van der Waals surface area contributed by atoms with Crippen LogP contribution in [-0.4, -0.2) is 43.9 Å². The highest BCUT2D eigenvalue weighted by Gasteiger charge is 2.11. The second-order valence-electron chi connectivity index (χ2n) is 5.12. The van der Waals surface area contributed by atoms with Crippen LogP contribution in [0.15, 0.2) is 18.2 Å². The topological polar surface area (TPSA) is 41.9 Å². The van der Waals surface area contributed by atoms with Crippen molar-refractivity contribution in [2.45, 2.75) is 20.4 Å². The first-order valence-corrected chi connectivity index (χ1v) is 6.64. The SMILES string of the molecule is COCCN(Cc1ccc(OC)cc1O)CC(C)C. The summed E-state index contributed by atoms with van der Waals surface area (Å²) >= 11 is 0. The van der Waals surface area contributed by atoms with Crippen molar-refractivity contribution in [1.29, 1.82) is 0 Å². The zero-order chi connectivity index (χ0) is 14.3. The summed E-state index contributed by atoms with van der Waals surface area (Å²) < 4.78 is 10.2. The minimum absolute atomic E-state index is 0.283. The van der Waals surface area contributed by atoms with Crippen molar-refractivity contribution >= 4 is 0 Å². The summed E-state index contributed by atoms with van der Waals surface area (Å²) in [6.45, 7) is 7.64. The number of ether oxygens (including phenoxy) is 2. The van der Waals surface area contributed by atoms with E-state index >= 15 is 0 Å². The van der Waals surface area contributed by atoms with E-state index in [-0.39, 0.29) is 5.75 Å². The second-order valence-corrected chi connectivity index (χ2v) is 5.12. The molecule has 4 nitrogen and oxygen atoms in total. The van der Waals surface area contributed by atoms with Crippen molar-refractivity contribution in [3.8, 4) is 11.5 Å². The lowest BCUT2D eigenvalue weighted by atomic mass is 10.1. The third-order valence-electron chi connectivity index (χ3n) is 2.92.